The van der Waals surface area contributed by atoms with Crippen LogP contribution in [0.2, 0.25) is 0 Å². The Morgan fingerprint density at radius 2 is 1.68 bits per heavy atom. The molecule has 8 nitrogen and oxygen atoms in total. The van der Waals surface area contributed by atoms with Crippen molar-refractivity contribution in [1.82, 2.24) is 20.2 Å². The molecular formula is C34H34F2N4O4. The van der Waals surface area contributed by atoms with Crippen molar-refractivity contribution in [1.29, 1.82) is 0 Å². The molecular weight excluding hydrogens is 566 g/mol. The summed E-state index contributed by atoms with van der Waals surface area (Å²) < 4.78 is 40.5. The Labute approximate surface area is 255 Å². The standard InChI is InChI=1S/C34H34F2N4O4/c1-6-37-33(42)34(2,3)22-13-10-20(11-14-22)16-26-30-27(39-31(38-26)29-24(35)8-7-9-25(29)36)19-40(32(30)41)18-21-12-15-23(43-4)17-28(21)44-5/h7-15,17H,6,16,18-19H2,1-5H3,(H,37,42). The van der Waals surface area contributed by atoms with Crippen LogP contribution in [0.25, 0.3) is 11.4 Å². The average Bonchev–Trinajstić information content (AvgIpc) is 3.32. The molecule has 0 fully saturated rings. The molecule has 1 N–H and O–H groups in total. The lowest BCUT2D eigenvalue weighted by molar-refractivity contribution is -0.125. The summed E-state index contributed by atoms with van der Waals surface area (Å²) >= 11 is 0. The third-order valence-corrected chi connectivity index (χ3v) is 7.89. The number of fused-ring (bicyclic) bond motifs is 1. The van der Waals surface area contributed by atoms with Crippen LogP contribution in [-0.4, -0.2) is 47.4 Å². The smallest absolute Gasteiger partial charge is 0.258 e. The van der Waals surface area contributed by atoms with Crippen molar-refractivity contribution in [2.24, 2.45) is 0 Å². The van der Waals surface area contributed by atoms with E-state index in [0.717, 1.165) is 28.8 Å². The monoisotopic (exact) mass is 600 g/mol. The number of methoxy groups -OCH3 is 2. The summed E-state index contributed by atoms with van der Waals surface area (Å²) in [7, 11) is 3.10. The molecule has 5 rings (SSSR count). The van der Waals surface area contributed by atoms with E-state index in [0.29, 0.717) is 35.0 Å². The molecule has 0 unspecified atom stereocenters. The first-order valence-electron chi connectivity index (χ1n) is 14.3. The van der Waals surface area contributed by atoms with Gasteiger partial charge in [0.15, 0.2) is 5.82 Å². The predicted octanol–water partition coefficient (Wildman–Crippen LogP) is 5.60. The van der Waals surface area contributed by atoms with Crippen molar-refractivity contribution >= 4 is 11.8 Å². The van der Waals surface area contributed by atoms with Crippen molar-refractivity contribution in [3.63, 3.8) is 0 Å². The highest BCUT2D eigenvalue weighted by Gasteiger charge is 2.34. The molecule has 0 saturated heterocycles. The lowest BCUT2D eigenvalue weighted by Crippen LogP contribution is -2.39. The van der Waals surface area contributed by atoms with Crippen molar-refractivity contribution < 1.29 is 27.8 Å². The van der Waals surface area contributed by atoms with Gasteiger partial charge < -0.3 is 19.7 Å². The fourth-order valence-electron chi connectivity index (χ4n) is 5.34. The van der Waals surface area contributed by atoms with Gasteiger partial charge in [-0.1, -0.05) is 30.3 Å². The highest BCUT2D eigenvalue weighted by atomic mass is 19.1. The zero-order chi connectivity index (χ0) is 31.6. The Balaban J connectivity index is 1.52. The normalized spacial score (nSPS) is 12.7. The number of amides is 2. The van der Waals surface area contributed by atoms with E-state index in [-0.39, 0.29) is 42.7 Å². The van der Waals surface area contributed by atoms with Crippen LogP contribution < -0.4 is 14.8 Å². The Morgan fingerprint density at radius 3 is 2.32 bits per heavy atom. The zero-order valence-electron chi connectivity index (χ0n) is 25.3. The maximum atomic E-state index is 14.9. The SMILES string of the molecule is CCNC(=O)C(C)(C)c1ccc(Cc2nc(-c3c(F)cccc3F)nc3c2C(=O)N(Cc2ccc(OC)cc2OC)C3)cc1. The summed E-state index contributed by atoms with van der Waals surface area (Å²) in [6, 6.07) is 16.4. The molecule has 0 radical (unpaired) electrons. The number of hydrogen-bond donors (Lipinski definition) is 1. The Morgan fingerprint density at radius 1 is 0.977 bits per heavy atom. The van der Waals surface area contributed by atoms with E-state index in [9.17, 15) is 18.4 Å². The molecule has 2 heterocycles. The minimum absolute atomic E-state index is 0.0860. The number of benzene rings is 3. The number of halogens is 2. The molecule has 0 aliphatic carbocycles. The topological polar surface area (TPSA) is 93.7 Å². The molecule has 228 valence electrons. The lowest BCUT2D eigenvalue weighted by atomic mass is 9.83. The van der Waals surface area contributed by atoms with Gasteiger partial charge in [-0.3, -0.25) is 9.59 Å². The number of ether oxygens (including phenoxy) is 2. The molecule has 0 saturated carbocycles. The van der Waals surface area contributed by atoms with E-state index in [2.05, 4.69) is 15.3 Å². The van der Waals surface area contributed by atoms with Crippen molar-refractivity contribution in [3.05, 3.63) is 106 Å². The molecule has 0 bridgehead atoms. The van der Waals surface area contributed by atoms with Gasteiger partial charge in [-0.2, -0.15) is 0 Å². The van der Waals surface area contributed by atoms with E-state index < -0.39 is 17.0 Å². The fourth-order valence-corrected chi connectivity index (χ4v) is 5.34. The molecule has 1 aliphatic heterocycles. The largest absolute Gasteiger partial charge is 0.497 e. The molecule has 1 aromatic heterocycles. The van der Waals surface area contributed by atoms with Gasteiger partial charge >= 0.3 is 0 Å². The number of nitrogens with one attached hydrogen (secondary N) is 1. The second kappa shape index (κ2) is 12.4. The van der Waals surface area contributed by atoms with Gasteiger partial charge in [0.05, 0.1) is 55.2 Å². The fraction of sp³-hybridized carbons (Fsp3) is 0.294. The van der Waals surface area contributed by atoms with E-state index in [4.69, 9.17) is 9.47 Å². The number of aromatic nitrogens is 2. The number of hydrogen-bond acceptors (Lipinski definition) is 6. The quantitative estimate of drug-likeness (QED) is 0.255. The van der Waals surface area contributed by atoms with Crippen LogP contribution in [0.5, 0.6) is 11.5 Å². The highest BCUT2D eigenvalue weighted by molar-refractivity contribution is 5.99. The van der Waals surface area contributed by atoms with Gasteiger partial charge in [-0.05, 0) is 56.2 Å². The molecule has 4 aromatic rings. The molecule has 0 atom stereocenters. The van der Waals surface area contributed by atoms with Crippen LogP contribution in [0.3, 0.4) is 0 Å². The van der Waals surface area contributed by atoms with Crippen LogP contribution in [-0.2, 0) is 29.7 Å². The Kier molecular flexibility index (Phi) is 8.62. The third kappa shape index (κ3) is 5.84. The summed E-state index contributed by atoms with van der Waals surface area (Å²) in [5.41, 5.74) is 2.35. The lowest BCUT2D eigenvalue weighted by Gasteiger charge is -2.24. The minimum atomic E-state index is -0.794. The maximum absolute atomic E-state index is 14.9. The molecule has 3 aromatic carbocycles. The first-order chi connectivity index (χ1) is 21.1. The van der Waals surface area contributed by atoms with Crippen LogP contribution in [0.4, 0.5) is 8.78 Å². The number of carbonyl (C=O) groups is 2. The first-order valence-corrected chi connectivity index (χ1v) is 14.3. The van der Waals surface area contributed by atoms with Gasteiger partial charge in [0.2, 0.25) is 5.91 Å². The van der Waals surface area contributed by atoms with Gasteiger partial charge in [-0.25, -0.2) is 18.7 Å². The van der Waals surface area contributed by atoms with Gasteiger partial charge in [0.1, 0.15) is 23.1 Å². The first kappa shape index (κ1) is 30.6. The van der Waals surface area contributed by atoms with E-state index >= 15 is 0 Å². The maximum Gasteiger partial charge on any atom is 0.258 e. The predicted molar refractivity (Wildman–Crippen MR) is 161 cm³/mol. The van der Waals surface area contributed by atoms with E-state index in [1.54, 1.807) is 31.3 Å². The van der Waals surface area contributed by atoms with E-state index in [1.165, 1.54) is 6.07 Å². The molecule has 10 heteroatoms. The molecule has 2 amide bonds. The molecule has 44 heavy (non-hydrogen) atoms. The van der Waals surface area contributed by atoms with Crippen LogP contribution in [0.15, 0.2) is 60.7 Å². The third-order valence-electron chi connectivity index (χ3n) is 7.89. The number of rotatable bonds is 10. The van der Waals surface area contributed by atoms with Crippen LogP contribution >= 0.6 is 0 Å². The van der Waals surface area contributed by atoms with Crippen molar-refractivity contribution in [2.75, 3.05) is 20.8 Å². The molecule has 0 spiro atoms. The van der Waals surface area contributed by atoms with Crippen molar-refractivity contribution in [3.8, 4) is 22.9 Å². The summed E-state index contributed by atoms with van der Waals surface area (Å²) in [4.78, 5) is 37.1. The number of nitrogens with zero attached hydrogens (tertiary/aromatic N) is 3. The summed E-state index contributed by atoms with van der Waals surface area (Å²) in [5, 5.41) is 2.86. The van der Waals surface area contributed by atoms with Gasteiger partial charge in [0.25, 0.3) is 5.91 Å². The zero-order valence-corrected chi connectivity index (χ0v) is 25.3. The Hall–Kier alpha value is -4.86. The Bertz CT molecular complexity index is 1700. The minimum Gasteiger partial charge on any atom is -0.497 e. The highest BCUT2D eigenvalue weighted by Crippen LogP contribution is 2.33. The second-order valence-electron chi connectivity index (χ2n) is 11.1. The molecule has 1 aliphatic rings. The van der Waals surface area contributed by atoms with Gasteiger partial charge in [0, 0.05) is 24.6 Å². The van der Waals surface area contributed by atoms with Crippen LogP contribution in [0.1, 0.15) is 59.2 Å². The van der Waals surface area contributed by atoms with E-state index in [1.807, 2.05) is 51.1 Å². The average molecular weight is 601 g/mol. The summed E-state index contributed by atoms with van der Waals surface area (Å²) in [6.45, 7) is 6.45. The number of carbonyl (C=O) groups excluding carboxylic acids is 2. The number of likely N-dealkylation sites (N-methyl/N-ethyl adjacent to an activating group) is 1. The van der Waals surface area contributed by atoms with Crippen molar-refractivity contribution in [2.45, 2.75) is 45.7 Å². The van der Waals surface area contributed by atoms with Gasteiger partial charge in [-0.15, -0.1) is 0 Å². The summed E-state index contributed by atoms with van der Waals surface area (Å²) in [6.07, 6.45) is 0.210. The van der Waals surface area contributed by atoms with Crippen LogP contribution in [0, 0.1) is 11.6 Å². The second-order valence-corrected chi connectivity index (χ2v) is 11.1. The summed E-state index contributed by atoms with van der Waals surface area (Å²) in [5.74, 6) is -0.913.